The van der Waals surface area contributed by atoms with Gasteiger partial charge in [0.25, 0.3) is 0 Å². The Morgan fingerprint density at radius 3 is 2.43 bits per heavy atom. The Hall–Kier alpha value is -2.37. The number of carbonyl (C=O) groups is 2. The number of fused-ring (bicyclic) bond motifs is 1. The standard InChI is InChI=1S/C22H32N4O2/c1-22(2,3)21(28)23-13-12-19-24-17-10-6-7-11-18(17)26(19)16-20(27)25-14-8-4-5-9-15-25/h6-7,10-11H,4-5,8-9,12-16H2,1-3H3,(H,23,28). The van der Waals surface area contributed by atoms with Crippen molar-refractivity contribution in [1.29, 1.82) is 0 Å². The third-order valence-corrected chi connectivity index (χ3v) is 5.30. The Balaban J connectivity index is 1.75. The maximum atomic E-state index is 12.9. The molecule has 6 heteroatoms. The van der Waals surface area contributed by atoms with Crippen LogP contribution < -0.4 is 5.32 Å². The topological polar surface area (TPSA) is 67.2 Å². The summed E-state index contributed by atoms with van der Waals surface area (Å²) in [4.78, 5) is 31.8. The van der Waals surface area contributed by atoms with E-state index >= 15 is 0 Å². The van der Waals surface area contributed by atoms with Crippen molar-refractivity contribution in [1.82, 2.24) is 19.8 Å². The molecule has 1 saturated heterocycles. The zero-order valence-electron chi connectivity index (χ0n) is 17.3. The molecule has 0 aliphatic carbocycles. The van der Waals surface area contributed by atoms with Gasteiger partial charge in [-0.1, -0.05) is 45.7 Å². The number of likely N-dealkylation sites (tertiary alicyclic amines) is 1. The average Bonchev–Trinajstić information content (AvgIpc) is 2.83. The van der Waals surface area contributed by atoms with Crippen molar-refractivity contribution >= 4 is 22.8 Å². The number of para-hydroxylation sites is 2. The minimum atomic E-state index is -0.414. The Labute approximate surface area is 167 Å². The van der Waals surface area contributed by atoms with Crippen molar-refractivity contribution in [2.24, 2.45) is 5.41 Å². The monoisotopic (exact) mass is 384 g/mol. The fourth-order valence-corrected chi connectivity index (χ4v) is 3.60. The fraction of sp³-hybridized carbons (Fsp3) is 0.591. The first-order valence-corrected chi connectivity index (χ1v) is 10.4. The van der Waals surface area contributed by atoms with Crippen LogP contribution in [-0.4, -0.2) is 45.9 Å². The summed E-state index contributed by atoms with van der Waals surface area (Å²) in [6, 6.07) is 7.91. The van der Waals surface area contributed by atoms with Gasteiger partial charge < -0.3 is 14.8 Å². The summed E-state index contributed by atoms with van der Waals surface area (Å²) in [6.07, 6.45) is 5.18. The molecular formula is C22H32N4O2. The SMILES string of the molecule is CC(C)(C)C(=O)NCCc1nc2ccccc2n1CC(=O)N1CCCCCC1. The van der Waals surface area contributed by atoms with E-state index in [0.29, 0.717) is 19.5 Å². The van der Waals surface area contributed by atoms with Crippen molar-refractivity contribution in [3.8, 4) is 0 Å². The second kappa shape index (κ2) is 8.76. The molecule has 0 spiro atoms. The second-order valence-corrected chi connectivity index (χ2v) is 8.65. The molecule has 2 heterocycles. The number of hydrogen-bond donors (Lipinski definition) is 1. The first kappa shape index (κ1) is 20.4. The lowest BCUT2D eigenvalue weighted by Gasteiger charge is -2.21. The van der Waals surface area contributed by atoms with Crippen LogP contribution in [0.1, 0.15) is 52.3 Å². The second-order valence-electron chi connectivity index (χ2n) is 8.65. The molecule has 3 rings (SSSR count). The molecule has 28 heavy (non-hydrogen) atoms. The maximum Gasteiger partial charge on any atom is 0.242 e. The smallest absolute Gasteiger partial charge is 0.242 e. The molecule has 6 nitrogen and oxygen atoms in total. The van der Waals surface area contributed by atoms with Crippen LogP contribution in [0.15, 0.2) is 24.3 Å². The number of imidazole rings is 1. The van der Waals surface area contributed by atoms with E-state index in [9.17, 15) is 9.59 Å². The van der Waals surface area contributed by atoms with Crippen LogP contribution in [-0.2, 0) is 22.6 Å². The van der Waals surface area contributed by atoms with Crippen molar-refractivity contribution < 1.29 is 9.59 Å². The first-order chi connectivity index (χ1) is 13.4. The average molecular weight is 385 g/mol. The summed E-state index contributed by atoms with van der Waals surface area (Å²) in [6.45, 7) is 8.22. The lowest BCUT2D eigenvalue weighted by Crippen LogP contribution is -2.37. The van der Waals surface area contributed by atoms with E-state index in [4.69, 9.17) is 4.98 Å². The number of aromatic nitrogens is 2. The number of amides is 2. The number of benzene rings is 1. The molecule has 2 aromatic rings. The van der Waals surface area contributed by atoms with Gasteiger partial charge in [-0.15, -0.1) is 0 Å². The van der Waals surface area contributed by atoms with E-state index in [1.807, 2.05) is 54.5 Å². The van der Waals surface area contributed by atoms with Crippen LogP contribution in [0, 0.1) is 5.41 Å². The Morgan fingerprint density at radius 2 is 1.75 bits per heavy atom. The molecule has 1 aliphatic heterocycles. The van der Waals surface area contributed by atoms with Gasteiger partial charge >= 0.3 is 0 Å². The van der Waals surface area contributed by atoms with E-state index in [2.05, 4.69) is 5.32 Å². The summed E-state index contributed by atoms with van der Waals surface area (Å²) in [5.41, 5.74) is 1.45. The third kappa shape index (κ3) is 4.91. The predicted octanol–water partition coefficient (Wildman–Crippen LogP) is 3.14. The number of rotatable bonds is 5. The van der Waals surface area contributed by atoms with Crippen molar-refractivity contribution in [3.05, 3.63) is 30.1 Å². The van der Waals surface area contributed by atoms with E-state index in [1.165, 1.54) is 12.8 Å². The quantitative estimate of drug-likeness (QED) is 0.861. The highest BCUT2D eigenvalue weighted by atomic mass is 16.2. The highest BCUT2D eigenvalue weighted by molar-refractivity contribution is 5.82. The molecular weight excluding hydrogens is 352 g/mol. The third-order valence-electron chi connectivity index (χ3n) is 5.30. The fourth-order valence-electron chi connectivity index (χ4n) is 3.60. The molecule has 2 amide bonds. The molecule has 0 bridgehead atoms. The van der Waals surface area contributed by atoms with Crippen LogP contribution in [0.25, 0.3) is 11.0 Å². The minimum absolute atomic E-state index is 0.0239. The van der Waals surface area contributed by atoms with E-state index in [0.717, 1.165) is 42.8 Å². The number of nitrogens with one attached hydrogen (secondary N) is 1. The molecule has 1 N–H and O–H groups in total. The maximum absolute atomic E-state index is 12.9. The van der Waals surface area contributed by atoms with E-state index in [1.54, 1.807) is 0 Å². The van der Waals surface area contributed by atoms with Gasteiger partial charge in [-0.2, -0.15) is 0 Å². The summed E-state index contributed by atoms with van der Waals surface area (Å²) < 4.78 is 2.02. The number of nitrogens with zero attached hydrogens (tertiary/aromatic N) is 3. The Morgan fingerprint density at radius 1 is 1.07 bits per heavy atom. The van der Waals surface area contributed by atoms with Gasteiger partial charge in [0.2, 0.25) is 11.8 Å². The van der Waals surface area contributed by atoms with Gasteiger partial charge in [0.05, 0.1) is 11.0 Å². The van der Waals surface area contributed by atoms with Gasteiger partial charge in [0.15, 0.2) is 0 Å². The van der Waals surface area contributed by atoms with Gasteiger partial charge in [0.1, 0.15) is 12.4 Å². The van der Waals surface area contributed by atoms with E-state index in [-0.39, 0.29) is 11.8 Å². The highest BCUT2D eigenvalue weighted by Gasteiger charge is 2.22. The van der Waals surface area contributed by atoms with Gasteiger partial charge in [-0.25, -0.2) is 4.98 Å². The van der Waals surface area contributed by atoms with Gasteiger partial charge in [0, 0.05) is 31.5 Å². The lowest BCUT2D eigenvalue weighted by molar-refractivity contribution is -0.132. The molecule has 1 aliphatic rings. The van der Waals surface area contributed by atoms with Gasteiger partial charge in [-0.3, -0.25) is 9.59 Å². The zero-order chi connectivity index (χ0) is 20.1. The number of hydrogen-bond acceptors (Lipinski definition) is 3. The molecule has 0 radical (unpaired) electrons. The molecule has 0 atom stereocenters. The molecule has 1 aromatic heterocycles. The highest BCUT2D eigenvalue weighted by Crippen LogP contribution is 2.18. The molecule has 1 aromatic carbocycles. The lowest BCUT2D eigenvalue weighted by atomic mass is 9.96. The molecule has 0 saturated carbocycles. The summed E-state index contributed by atoms with van der Waals surface area (Å²) in [5.74, 6) is 1.03. The Kier molecular flexibility index (Phi) is 6.37. The van der Waals surface area contributed by atoms with Crippen LogP contribution in [0.3, 0.4) is 0 Å². The molecule has 152 valence electrons. The van der Waals surface area contributed by atoms with Crippen LogP contribution >= 0.6 is 0 Å². The van der Waals surface area contributed by atoms with Crippen LogP contribution in [0.5, 0.6) is 0 Å². The normalized spacial score (nSPS) is 15.5. The van der Waals surface area contributed by atoms with Gasteiger partial charge in [-0.05, 0) is 25.0 Å². The Bertz CT molecular complexity index is 827. The van der Waals surface area contributed by atoms with E-state index < -0.39 is 5.41 Å². The summed E-state index contributed by atoms with van der Waals surface area (Å²) >= 11 is 0. The van der Waals surface area contributed by atoms with Crippen molar-refractivity contribution in [2.45, 2.75) is 59.4 Å². The summed E-state index contributed by atoms with van der Waals surface area (Å²) in [7, 11) is 0. The first-order valence-electron chi connectivity index (χ1n) is 10.4. The van der Waals surface area contributed by atoms with Crippen LogP contribution in [0.4, 0.5) is 0 Å². The molecule has 1 fully saturated rings. The number of carbonyl (C=O) groups excluding carboxylic acids is 2. The largest absolute Gasteiger partial charge is 0.355 e. The minimum Gasteiger partial charge on any atom is -0.355 e. The van der Waals surface area contributed by atoms with Crippen LogP contribution in [0.2, 0.25) is 0 Å². The zero-order valence-corrected chi connectivity index (χ0v) is 17.3. The summed E-state index contributed by atoms with van der Waals surface area (Å²) in [5, 5.41) is 2.98. The molecule has 0 unspecified atom stereocenters. The van der Waals surface area contributed by atoms with Crippen molar-refractivity contribution in [2.75, 3.05) is 19.6 Å². The predicted molar refractivity (Wildman–Crippen MR) is 111 cm³/mol. The van der Waals surface area contributed by atoms with Crippen molar-refractivity contribution in [3.63, 3.8) is 0 Å².